The molecule has 0 aliphatic heterocycles. The zero-order valence-corrected chi connectivity index (χ0v) is 17.7. The zero-order chi connectivity index (χ0) is 21.7. The molecule has 7 heteroatoms. The Hall–Kier alpha value is -3.61. The number of nitrogens with zero attached hydrogens (tertiary/aromatic N) is 1. The number of benzene rings is 2. The summed E-state index contributed by atoms with van der Waals surface area (Å²) in [6.07, 6.45) is 3.81. The molecule has 0 aliphatic rings. The predicted octanol–water partition coefficient (Wildman–Crippen LogP) is 4.03. The Kier molecular flexibility index (Phi) is 6.51. The van der Waals surface area contributed by atoms with Crippen molar-refractivity contribution in [2.24, 2.45) is 0 Å². The minimum absolute atomic E-state index is 0.101. The summed E-state index contributed by atoms with van der Waals surface area (Å²) >= 11 is 0. The van der Waals surface area contributed by atoms with Gasteiger partial charge in [0.25, 0.3) is 0 Å². The highest BCUT2D eigenvalue weighted by Crippen LogP contribution is 2.40. The molecule has 3 rings (SSSR count). The molecule has 0 aliphatic carbocycles. The molecule has 1 aromatic heterocycles. The lowest BCUT2D eigenvalue weighted by molar-refractivity contribution is -0.141. The fourth-order valence-electron chi connectivity index (χ4n) is 3.28. The number of carbonyl (C=O) groups is 1. The molecule has 158 valence electrons. The number of carbonyl (C=O) groups excluding carboxylic acids is 1. The van der Waals surface area contributed by atoms with Gasteiger partial charge in [-0.05, 0) is 35.4 Å². The first-order valence-corrected chi connectivity index (χ1v) is 9.26. The summed E-state index contributed by atoms with van der Waals surface area (Å²) in [4.78, 5) is 11.8. The SMILES string of the molecule is COC(=O)Cn1cc(-c2ccc(OC)c(OC)c2)c(-c2ccc(OC)c(OC)c2)c1. The van der Waals surface area contributed by atoms with Crippen molar-refractivity contribution in [3.63, 3.8) is 0 Å². The highest BCUT2D eigenvalue weighted by molar-refractivity contribution is 5.85. The van der Waals surface area contributed by atoms with E-state index in [-0.39, 0.29) is 12.5 Å². The molecular formula is C23H25NO6. The molecule has 0 bridgehead atoms. The Morgan fingerprint density at radius 1 is 0.700 bits per heavy atom. The molecule has 1 heterocycles. The topological polar surface area (TPSA) is 68.2 Å². The van der Waals surface area contributed by atoms with E-state index in [1.807, 2.05) is 48.8 Å². The van der Waals surface area contributed by atoms with Gasteiger partial charge in [-0.2, -0.15) is 0 Å². The van der Waals surface area contributed by atoms with Crippen LogP contribution in [0.1, 0.15) is 0 Å². The van der Waals surface area contributed by atoms with E-state index in [2.05, 4.69) is 0 Å². The van der Waals surface area contributed by atoms with Gasteiger partial charge < -0.3 is 28.3 Å². The second-order valence-electron chi connectivity index (χ2n) is 6.47. The minimum Gasteiger partial charge on any atom is -0.493 e. The van der Waals surface area contributed by atoms with E-state index >= 15 is 0 Å². The van der Waals surface area contributed by atoms with Crippen LogP contribution in [0.25, 0.3) is 22.3 Å². The lowest BCUT2D eigenvalue weighted by Gasteiger charge is -2.12. The van der Waals surface area contributed by atoms with Gasteiger partial charge >= 0.3 is 5.97 Å². The Morgan fingerprint density at radius 3 is 1.50 bits per heavy atom. The van der Waals surface area contributed by atoms with Crippen LogP contribution >= 0.6 is 0 Å². The highest BCUT2D eigenvalue weighted by Gasteiger charge is 2.17. The molecule has 0 radical (unpaired) electrons. The van der Waals surface area contributed by atoms with E-state index in [1.54, 1.807) is 33.0 Å². The summed E-state index contributed by atoms with van der Waals surface area (Å²) in [5, 5.41) is 0. The maximum Gasteiger partial charge on any atom is 0.325 e. The van der Waals surface area contributed by atoms with Crippen LogP contribution < -0.4 is 18.9 Å². The van der Waals surface area contributed by atoms with Gasteiger partial charge in [0, 0.05) is 23.5 Å². The lowest BCUT2D eigenvalue weighted by atomic mass is 9.98. The van der Waals surface area contributed by atoms with E-state index < -0.39 is 0 Å². The van der Waals surface area contributed by atoms with Crippen molar-refractivity contribution in [2.45, 2.75) is 6.54 Å². The molecular weight excluding hydrogens is 386 g/mol. The first-order valence-electron chi connectivity index (χ1n) is 9.26. The van der Waals surface area contributed by atoms with Gasteiger partial charge in [-0.1, -0.05) is 12.1 Å². The first-order chi connectivity index (χ1) is 14.5. The molecule has 7 nitrogen and oxygen atoms in total. The predicted molar refractivity (Wildman–Crippen MR) is 114 cm³/mol. The number of esters is 1. The fourth-order valence-corrected chi connectivity index (χ4v) is 3.28. The molecule has 0 saturated heterocycles. The van der Waals surface area contributed by atoms with E-state index in [4.69, 9.17) is 23.7 Å². The van der Waals surface area contributed by atoms with Gasteiger partial charge in [-0.3, -0.25) is 4.79 Å². The normalized spacial score (nSPS) is 10.4. The van der Waals surface area contributed by atoms with E-state index in [0.717, 1.165) is 22.3 Å². The second-order valence-corrected chi connectivity index (χ2v) is 6.47. The molecule has 0 amide bonds. The van der Waals surface area contributed by atoms with Crippen molar-refractivity contribution in [2.75, 3.05) is 35.5 Å². The third-order valence-electron chi connectivity index (χ3n) is 4.81. The van der Waals surface area contributed by atoms with Crippen LogP contribution in [0, 0.1) is 0 Å². The van der Waals surface area contributed by atoms with Gasteiger partial charge in [0.15, 0.2) is 23.0 Å². The monoisotopic (exact) mass is 411 g/mol. The first kappa shape index (κ1) is 21.1. The Labute approximate surface area is 175 Å². The molecule has 0 saturated carbocycles. The van der Waals surface area contributed by atoms with Crippen LogP contribution in [0.5, 0.6) is 23.0 Å². The van der Waals surface area contributed by atoms with Crippen molar-refractivity contribution in [1.29, 1.82) is 0 Å². The molecule has 0 unspecified atom stereocenters. The zero-order valence-electron chi connectivity index (χ0n) is 17.7. The van der Waals surface area contributed by atoms with Crippen LogP contribution in [-0.2, 0) is 16.1 Å². The van der Waals surface area contributed by atoms with Crippen LogP contribution in [0.15, 0.2) is 48.8 Å². The number of hydrogen-bond donors (Lipinski definition) is 0. The molecule has 3 aromatic rings. The van der Waals surface area contributed by atoms with E-state index in [1.165, 1.54) is 7.11 Å². The number of rotatable bonds is 8. The van der Waals surface area contributed by atoms with Gasteiger partial charge in [0.2, 0.25) is 0 Å². The lowest BCUT2D eigenvalue weighted by Crippen LogP contribution is -2.09. The third kappa shape index (κ3) is 4.20. The Bertz CT molecular complexity index is 967. The summed E-state index contributed by atoms with van der Waals surface area (Å²) in [7, 11) is 7.76. The summed E-state index contributed by atoms with van der Waals surface area (Å²) < 4.78 is 28.2. The van der Waals surface area contributed by atoms with Crippen LogP contribution in [0.4, 0.5) is 0 Å². The summed E-state index contributed by atoms with van der Waals surface area (Å²) in [6, 6.07) is 11.4. The number of aromatic nitrogens is 1. The fraction of sp³-hybridized carbons (Fsp3) is 0.261. The molecule has 2 aromatic carbocycles. The van der Waals surface area contributed by atoms with Crippen LogP contribution in [-0.4, -0.2) is 46.1 Å². The van der Waals surface area contributed by atoms with Gasteiger partial charge in [-0.15, -0.1) is 0 Å². The standard InChI is InChI=1S/C23H25NO6/c1-26-19-8-6-15(10-21(19)28-3)17-12-24(14-23(25)30-5)13-18(17)16-7-9-20(27-2)22(11-16)29-4/h6-13H,14H2,1-5H3. The maximum atomic E-state index is 11.8. The Balaban J connectivity index is 2.16. The van der Waals surface area contributed by atoms with E-state index in [0.29, 0.717) is 23.0 Å². The van der Waals surface area contributed by atoms with Crippen molar-refractivity contribution >= 4 is 5.97 Å². The minimum atomic E-state index is -0.331. The number of ether oxygens (including phenoxy) is 5. The molecule has 0 fully saturated rings. The molecule has 0 spiro atoms. The highest BCUT2D eigenvalue weighted by atomic mass is 16.5. The molecule has 0 N–H and O–H groups in total. The summed E-state index contributed by atoms with van der Waals surface area (Å²) in [6.45, 7) is 0.101. The van der Waals surface area contributed by atoms with Crippen LogP contribution in [0.2, 0.25) is 0 Å². The van der Waals surface area contributed by atoms with Gasteiger partial charge in [0.1, 0.15) is 6.54 Å². The van der Waals surface area contributed by atoms with Crippen LogP contribution in [0.3, 0.4) is 0 Å². The summed E-state index contributed by atoms with van der Waals surface area (Å²) in [5.74, 6) is 2.19. The van der Waals surface area contributed by atoms with Gasteiger partial charge in [-0.25, -0.2) is 0 Å². The maximum absolute atomic E-state index is 11.8. The largest absolute Gasteiger partial charge is 0.493 e. The van der Waals surface area contributed by atoms with Gasteiger partial charge in [0.05, 0.1) is 35.5 Å². The summed E-state index contributed by atoms with van der Waals surface area (Å²) in [5.41, 5.74) is 3.68. The van der Waals surface area contributed by atoms with Crippen molar-refractivity contribution in [3.05, 3.63) is 48.8 Å². The molecule has 30 heavy (non-hydrogen) atoms. The quantitative estimate of drug-likeness (QED) is 0.522. The van der Waals surface area contributed by atoms with Crippen molar-refractivity contribution in [3.8, 4) is 45.3 Å². The average molecular weight is 411 g/mol. The smallest absolute Gasteiger partial charge is 0.325 e. The molecule has 0 atom stereocenters. The number of hydrogen-bond acceptors (Lipinski definition) is 6. The van der Waals surface area contributed by atoms with Crippen molar-refractivity contribution in [1.82, 2.24) is 4.57 Å². The second kappa shape index (κ2) is 9.26. The Morgan fingerprint density at radius 2 is 1.13 bits per heavy atom. The third-order valence-corrected chi connectivity index (χ3v) is 4.81. The average Bonchev–Trinajstić information content (AvgIpc) is 3.21. The van der Waals surface area contributed by atoms with E-state index in [9.17, 15) is 4.79 Å². The van der Waals surface area contributed by atoms with Crippen molar-refractivity contribution < 1.29 is 28.5 Å². The number of methoxy groups -OCH3 is 5.